The highest BCUT2D eigenvalue weighted by Gasteiger charge is 2.36. The van der Waals surface area contributed by atoms with Crippen molar-refractivity contribution in [1.29, 1.82) is 0 Å². The zero-order valence-corrected chi connectivity index (χ0v) is 9.41. The van der Waals surface area contributed by atoms with Crippen molar-refractivity contribution in [1.82, 2.24) is 4.90 Å². The lowest BCUT2D eigenvalue weighted by atomic mass is 10.2. The van der Waals surface area contributed by atoms with Crippen LogP contribution in [0.15, 0.2) is 0 Å². The van der Waals surface area contributed by atoms with Crippen LogP contribution >= 0.6 is 0 Å². The Labute approximate surface area is 87.8 Å². The monoisotopic (exact) mass is 196 g/mol. The van der Waals surface area contributed by atoms with E-state index in [1.54, 1.807) is 0 Å². The molecule has 2 heteroatoms. The first-order chi connectivity index (χ1) is 6.81. The summed E-state index contributed by atoms with van der Waals surface area (Å²) in [5, 5.41) is 0. The highest BCUT2D eigenvalue weighted by atomic mass is 15.2. The van der Waals surface area contributed by atoms with E-state index < -0.39 is 0 Å². The second-order valence-corrected chi connectivity index (χ2v) is 5.05. The fraction of sp³-hybridized carbons (Fsp3) is 1.00. The van der Waals surface area contributed by atoms with Crippen molar-refractivity contribution in [3.05, 3.63) is 0 Å². The lowest BCUT2D eigenvalue weighted by Gasteiger charge is -2.28. The third-order valence-electron chi connectivity index (χ3n) is 3.70. The molecule has 2 unspecified atom stereocenters. The zero-order chi connectivity index (χ0) is 9.97. The van der Waals surface area contributed by atoms with Gasteiger partial charge in [-0.1, -0.05) is 13.3 Å². The van der Waals surface area contributed by atoms with Gasteiger partial charge in [-0.25, -0.2) is 0 Å². The Kier molecular flexibility index (Phi) is 3.45. The maximum absolute atomic E-state index is 5.99. The SMILES string of the molecule is CCCCN(C1CC1)C1CCC(N)C1. The van der Waals surface area contributed by atoms with Gasteiger partial charge in [0.2, 0.25) is 0 Å². The Morgan fingerprint density at radius 1 is 1.14 bits per heavy atom. The molecule has 2 fully saturated rings. The van der Waals surface area contributed by atoms with Crippen molar-refractivity contribution in [2.24, 2.45) is 5.73 Å². The minimum atomic E-state index is 0.489. The van der Waals surface area contributed by atoms with Gasteiger partial charge in [0.25, 0.3) is 0 Å². The van der Waals surface area contributed by atoms with Gasteiger partial charge in [-0.05, 0) is 45.1 Å². The Balaban J connectivity index is 1.83. The van der Waals surface area contributed by atoms with Crippen LogP contribution in [0.3, 0.4) is 0 Å². The molecule has 2 atom stereocenters. The molecule has 0 aromatic heterocycles. The molecule has 0 heterocycles. The van der Waals surface area contributed by atoms with Crippen LogP contribution < -0.4 is 5.73 Å². The van der Waals surface area contributed by atoms with Crippen LogP contribution in [0.1, 0.15) is 51.9 Å². The molecule has 2 aliphatic carbocycles. The number of nitrogens with zero attached hydrogens (tertiary/aromatic N) is 1. The Hall–Kier alpha value is -0.0800. The van der Waals surface area contributed by atoms with Crippen molar-refractivity contribution in [3.63, 3.8) is 0 Å². The van der Waals surface area contributed by atoms with Crippen LogP contribution in [0.2, 0.25) is 0 Å². The number of hydrogen-bond donors (Lipinski definition) is 1. The summed E-state index contributed by atoms with van der Waals surface area (Å²) in [7, 11) is 0. The molecular weight excluding hydrogens is 172 g/mol. The number of rotatable bonds is 5. The van der Waals surface area contributed by atoms with Crippen LogP contribution in [0, 0.1) is 0 Å². The maximum Gasteiger partial charge on any atom is 0.0113 e. The summed E-state index contributed by atoms with van der Waals surface area (Å²) in [5.41, 5.74) is 5.99. The molecule has 2 N–H and O–H groups in total. The summed E-state index contributed by atoms with van der Waals surface area (Å²) < 4.78 is 0. The second kappa shape index (κ2) is 4.63. The number of nitrogens with two attached hydrogens (primary N) is 1. The first-order valence-corrected chi connectivity index (χ1v) is 6.32. The van der Waals surface area contributed by atoms with Gasteiger partial charge in [0.1, 0.15) is 0 Å². The van der Waals surface area contributed by atoms with Gasteiger partial charge in [-0.2, -0.15) is 0 Å². The highest BCUT2D eigenvalue weighted by Crippen LogP contribution is 2.34. The fourth-order valence-electron chi connectivity index (χ4n) is 2.70. The second-order valence-electron chi connectivity index (χ2n) is 5.05. The predicted octanol–water partition coefficient (Wildman–Crippen LogP) is 2.13. The van der Waals surface area contributed by atoms with Crippen molar-refractivity contribution in [2.45, 2.75) is 70.0 Å². The van der Waals surface area contributed by atoms with E-state index in [4.69, 9.17) is 5.73 Å². The summed E-state index contributed by atoms with van der Waals surface area (Å²) in [5.74, 6) is 0. The smallest absolute Gasteiger partial charge is 0.0113 e. The standard InChI is InChI=1S/C12H24N2/c1-2-3-8-14(11-6-7-11)12-5-4-10(13)9-12/h10-12H,2-9,13H2,1H3. The maximum atomic E-state index is 5.99. The van der Waals surface area contributed by atoms with Gasteiger partial charge >= 0.3 is 0 Å². The lowest BCUT2D eigenvalue weighted by molar-refractivity contribution is 0.184. The summed E-state index contributed by atoms with van der Waals surface area (Å²) in [4.78, 5) is 2.76. The third-order valence-corrected chi connectivity index (χ3v) is 3.70. The normalized spacial score (nSPS) is 32.8. The quantitative estimate of drug-likeness (QED) is 0.730. The van der Waals surface area contributed by atoms with Crippen LogP contribution in [0.25, 0.3) is 0 Å². The molecular formula is C12H24N2. The van der Waals surface area contributed by atoms with Gasteiger partial charge in [-0.3, -0.25) is 4.90 Å². The minimum absolute atomic E-state index is 0.489. The van der Waals surface area contributed by atoms with Crippen LogP contribution in [-0.4, -0.2) is 29.6 Å². The summed E-state index contributed by atoms with van der Waals surface area (Å²) in [6.45, 7) is 3.60. The predicted molar refractivity (Wildman–Crippen MR) is 60.3 cm³/mol. The van der Waals surface area contributed by atoms with Gasteiger partial charge in [0.15, 0.2) is 0 Å². The van der Waals surface area contributed by atoms with Crippen LogP contribution in [-0.2, 0) is 0 Å². The Bertz CT molecular complexity index is 177. The molecule has 2 saturated carbocycles. The van der Waals surface area contributed by atoms with Crippen LogP contribution in [0.4, 0.5) is 0 Å². The van der Waals surface area contributed by atoms with E-state index in [9.17, 15) is 0 Å². The molecule has 0 radical (unpaired) electrons. The summed E-state index contributed by atoms with van der Waals surface area (Å²) in [6.07, 6.45) is 9.41. The zero-order valence-electron chi connectivity index (χ0n) is 9.41. The largest absolute Gasteiger partial charge is 0.328 e. The average Bonchev–Trinajstić information content (AvgIpc) is 2.91. The molecule has 0 aromatic carbocycles. The minimum Gasteiger partial charge on any atom is -0.328 e. The molecule has 0 aliphatic heterocycles. The molecule has 14 heavy (non-hydrogen) atoms. The van der Waals surface area contributed by atoms with E-state index in [1.807, 2.05) is 0 Å². The molecule has 82 valence electrons. The van der Waals surface area contributed by atoms with Gasteiger partial charge in [0, 0.05) is 18.1 Å². The molecule has 2 rings (SSSR count). The van der Waals surface area contributed by atoms with E-state index in [2.05, 4.69) is 11.8 Å². The van der Waals surface area contributed by atoms with Crippen molar-refractivity contribution in [2.75, 3.05) is 6.54 Å². The molecule has 2 nitrogen and oxygen atoms in total. The summed E-state index contributed by atoms with van der Waals surface area (Å²) in [6, 6.07) is 2.24. The van der Waals surface area contributed by atoms with Crippen molar-refractivity contribution in [3.8, 4) is 0 Å². The first-order valence-electron chi connectivity index (χ1n) is 6.32. The molecule has 0 saturated heterocycles. The molecule has 0 spiro atoms. The van der Waals surface area contributed by atoms with Crippen LogP contribution in [0.5, 0.6) is 0 Å². The van der Waals surface area contributed by atoms with E-state index in [-0.39, 0.29) is 0 Å². The summed E-state index contributed by atoms with van der Waals surface area (Å²) >= 11 is 0. The molecule has 0 bridgehead atoms. The van der Waals surface area contributed by atoms with Gasteiger partial charge in [-0.15, -0.1) is 0 Å². The van der Waals surface area contributed by atoms with E-state index in [1.165, 1.54) is 51.5 Å². The van der Waals surface area contributed by atoms with E-state index >= 15 is 0 Å². The van der Waals surface area contributed by atoms with E-state index in [0.717, 1.165) is 12.1 Å². The average molecular weight is 196 g/mol. The van der Waals surface area contributed by atoms with Crippen molar-refractivity contribution >= 4 is 0 Å². The lowest BCUT2D eigenvalue weighted by Crippen LogP contribution is -2.37. The van der Waals surface area contributed by atoms with E-state index in [0.29, 0.717) is 6.04 Å². The topological polar surface area (TPSA) is 29.3 Å². The first kappa shape index (κ1) is 10.4. The third kappa shape index (κ3) is 2.48. The van der Waals surface area contributed by atoms with Gasteiger partial charge < -0.3 is 5.73 Å². The number of hydrogen-bond acceptors (Lipinski definition) is 2. The molecule has 2 aliphatic rings. The molecule has 0 aromatic rings. The fourth-order valence-corrected chi connectivity index (χ4v) is 2.70. The highest BCUT2D eigenvalue weighted by molar-refractivity contribution is 4.93. The Morgan fingerprint density at radius 3 is 2.36 bits per heavy atom. The van der Waals surface area contributed by atoms with Crippen molar-refractivity contribution < 1.29 is 0 Å². The van der Waals surface area contributed by atoms with Gasteiger partial charge in [0.05, 0.1) is 0 Å². The Morgan fingerprint density at radius 2 is 1.86 bits per heavy atom. The molecule has 0 amide bonds. The number of unbranched alkanes of at least 4 members (excludes halogenated alkanes) is 1.